The van der Waals surface area contributed by atoms with Crippen LogP contribution >= 0.6 is 11.6 Å². The van der Waals surface area contributed by atoms with Crippen LogP contribution in [-0.4, -0.2) is 25.1 Å². The Morgan fingerprint density at radius 1 is 1.20 bits per heavy atom. The van der Waals surface area contributed by atoms with Crippen LogP contribution in [0.1, 0.15) is 11.1 Å². The van der Waals surface area contributed by atoms with Crippen LogP contribution in [0.4, 0.5) is 11.5 Å². The number of nitrogens with zero attached hydrogens (tertiary/aromatic N) is 2. The summed E-state index contributed by atoms with van der Waals surface area (Å²) in [5, 5.41) is 4.43. The van der Waals surface area contributed by atoms with Crippen molar-refractivity contribution >= 4 is 23.1 Å². The lowest BCUT2D eigenvalue weighted by Crippen LogP contribution is -2.22. The molecule has 1 aliphatic rings. The first-order chi connectivity index (χ1) is 9.63. The van der Waals surface area contributed by atoms with E-state index in [1.807, 2.05) is 37.3 Å². The van der Waals surface area contributed by atoms with Crippen LogP contribution in [0.25, 0.3) is 0 Å². The van der Waals surface area contributed by atoms with Crippen LogP contribution in [0, 0.1) is 0 Å². The number of hydrogen-bond donors (Lipinski definition) is 1. The summed E-state index contributed by atoms with van der Waals surface area (Å²) in [5.41, 5.74) is 3.83. The Labute approximate surface area is 124 Å². The molecule has 0 aliphatic heterocycles. The minimum atomic E-state index is 0.409. The van der Waals surface area contributed by atoms with Crippen molar-refractivity contribution in [3.05, 3.63) is 52.7 Å². The molecule has 1 heterocycles. The normalized spacial score (nSPS) is 16.9. The van der Waals surface area contributed by atoms with E-state index in [1.54, 1.807) is 0 Å². The van der Waals surface area contributed by atoms with Gasteiger partial charge in [-0.1, -0.05) is 17.7 Å². The molecule has 1 aliphatic carbocycles. The molecule has 20 heavy (non-hydrogen) atoms. The first-order valence-corrected chi connectivity index (χ1v) is 7.17. The van der Waals surface area contributed by atoms with E-state index < -0.39 is 0 Å². The lowest BCUT2D eigenvalue weighted by molar-refractivity contribution is 0.773. The van der Waals surface area contributed by atoms with Gasteiger partial charge in [-0.3, -0.25) is 0 Å². The van der Waals surface area contributed by atoms with E-state index in [0.29, 0.717) is 6.04 Å². The number of benzene rings is 1. The molecule has 4 heteroatoms. The zero-order valence-electron chi connectivity index (χ0n) is 11.7. The lowest BCUT2D eigenvalue weighted by atomic mass is 10.1. The minimum absolute atomic E-state index is 0.409. The van der Waals surface area contributed by atoms with Crippen LogP contribution in [0.5, 0.6) is 0 Å². The van der Waals surface area contributed by atoms with E-state index in [9.17, 15) is 0 Å². The summed E-state index contributed by atoms with van der Waals surface area (Å²) in [7, 11) is 4.02. The topological polar surface area (TPSA) is 28.2 Å². The maximum atomic E-state index is 6.06. The first kappa shape index (κ1) is 13.3. The smallest absolute Gasteiger partial charge is 0.151 e. The van der Waals surface area contributed by atoms with Crippen molar-refractivity contribution in [2.75, 3.05) is 24.3 Å². The molecule has 1 N–H and O–H groups in total. The van der Waals surface area contributed by atoms with Gasteiger partial charge in [0.1, 0.15) is 0 Å². The molecular formula is C16H18ClN3. The number of aromatic nitrogens is 1. The molecule has 1 atom stereocenters. The van der Waals surface area contributed by atoms with E-state index in [1.165, 1.54) is 11.1 Å². The van der Waals surface area contributed by atoms with Crippen LogP contribution in [0.3, 0.4) is 0 Å². The summed E-state index contributed by atoms with van der Waals surface area (Å²) in [4.78, 5) is 6.45. The van der Waals surface area contributed by atoms with Gasteiger partial charge in [-0.2, -0.15) is 0 Å². The number of pyridine rings is 1. The first-order valence-electron chi connectivity index (χ1n) is 6.79. The average Bonchev–Trinajstić information content (AvgIpc) is 2.80. The molecule has 3 nitrogen and oxygen atoms in total. The molecule has 0 fully saturated rings. The quantitative estimate of drug-likeness (QED) is 0.938. The van der Waals surface area contributed by atoms with Crippen LogP contribution in [0.15, 0.2) is 36.5 Å². The number of anilines is 2. The van der Waals surface area contributed by atoms with Gasteiger partial charge in [0.25, 0.3) is 0 Å². The summed E-state index contributed by atoms with van der Waals surface area (Å²) in [6.07, 6.45) is 3.87. The molecule has 0 spiro atoms. The summed E-state index contributed by atoms with van der Waals surface area (Å²) >= 11 is 6.06. The number of fused-ring (bicyclic) bond motifs is 1. The summed E-state index contributed by atoms with van der Waals surface area (Å²) < 4.78 is 0. The Hall–Kier alpha value is -1.74. The zero-order chi connectivity index (χ0) is 14.1. The molecule has 1 aromatic carbocycles. The van der Waals surface area contributed by atoms with E-state index in [-0.39, 0.29) is 0 Å². The number of hydrogen-bond acceptors (Lipinski definition) is 3. The second-order valence-corrected chi connectivity index (χ2v) is 5.87. The Bertz CT molecular complexity index is 625. The van der Waals surface area contributed by atoms with Crippen LogP contribution in [-0.2, 0) is 12.8 Å². The van der Waals surface area contributed by atoms with Crippen molar-refractivity contribution in [3.63, 3.8) is 0 Å². The molecule has 0 saturated carbocycles. The third kappa shape index (κ3) is 2.59. The van der Waals surface area contributed by atoms with Gasteiger partial charge in [0.05, 0.1) is 5.69 Å². The fraction of sp³-hybridized carbons (Fsp3) is 0.312. The van der Waals surface area contributed by atoms with E-state index in [2.05, 4.69) is 28.5 Å². The lowest BCUT2D eigenvalue weighted by Gasteiger charge is -2.20. The fourth-order valence-corrected chi connectivity index (χ4v) is 2.97. The number of halogens is 1. The highest BCUT2D eigenvalue weighted by molar-refractivity contribution is 6.30. The third-order valence-electron chi connectivity index (χ3n) is 3.67. The summed E-state index contributed by atoms with van der Waals surface area (Å²) in [5.74, 6) is 0.974. The Morgan fingerprint density at radius 2 is 2.00 bits per heavy atom. The Balaban J connectivity index is 1.78. The molecule has 0 amide bonds. The van der Waals surface area contributed by atoms with Crippen molar-refractivity contribution in [2.45, 2.75) is 18.9 Å². The molecule has 3 rings (SSSR count). The van der Waals surface area contributed by atoms with Gasteiger partial charge in [0.2, 0.25) is 0 Å². The highest BCUT2D eigenvalue weighted by Gasteiger charge is 2.22. The standard InChI is InChI=1S/C16H18ClN3/c1-20(2)16-15(4-3-7-18-16)19-14-9-11-5-6-13(17)8-12(11)10-14/h3-8,14,19H,9-10H2,1-2H3. The van der Waals surface area contributed by atoms with Crippen molar-refractivity contribution in [1.29, 1.82) is 0 Å². The van der Waals surface area contributed by atoms with E-state index in [0.717, 1.165) is 29.4 Å². The zero-order valence-corrected chi connectivity index (χ0v) is 12.5. The molecule has 0 saturated heterocycles. The van der Waals surface area contributed by atoms with Gasteiger partial charge in [-0.05, 0) is 48.2 Å². The predicted molar refractivity (Wildman–Crippen MR) is 84.8 cm³/mol. The van der Waals surface area contributed by atoms with E-state index >= 15 is 0 Å². The molecular weight excluding hydrogens is 270 g/mol. The van der Waals surface area contributed by atoms with Crippen molar-refractivity contribution in [3.8, 4) is 0 Å². The predicted octanol–water partition coefficient (Wildman–Crippen LogP) is 3.38. The van der Waals surface area contributed by atoms with Gasteiger partial charge in [0, 0.05) is 31.4 Å². The molecule has 0 bridgehead atoms. The SMILES string of the molecule is CN(C)c1ncccc1NC1Cc2ccc(Cl)cc2C1. The number of nitrogens with one attached hydrogen (secondary N) is 1. The second-order valence-electron chi connectivity index (χ2n) is 5.43. The average molecular weight is 288 g/mol. The fourth-order valence-electron chi connectivity index (χ4n) is 2.77. The highest BCUT2D eigenvalue weighted by atomic mass is 35.5. The second kappa shape index (κ2) is 5.33. The summed E-state index contributed by atoms with van der Waals surface area (Å²) in [6, 6.07) is 10.6. The maximum Gasteiger partial charge on any atom is 0.151 e. The minimum Gasteiger partial charge on any atom is -0.379 e. The number of rotatable bonds is 3. The van der Waals surface area contributed by atoms with Gasteiger partial charge in [0.15, 0.2) is 5.82 Å². The van der Waals surface area contributed by atoms with Gasteiger partial charge in [-0.25, -0.2) is 4.98 Å². The van der Waals surface area contributed by atoms with Crippen LogP contribution in [0.2, 0.25) is 5.02 Å². The third-order valence-corrected chi connectivity index (χ3v) is 3.91. The van der Waals surface area contributed by atoms with Gasteiger partial charge >= 0.3 is 0 Å². The molecule has 1 unspecified atom stereocenters. The molecule has 2 aromatic rings. The van der Waals surface area contributed by atoms with Crippen molar-refractivity contribution in [1.82, 2.24) is 4.98 Å². The van der Waals surface area contributed by atoms with Crippen LogP contribution < -0.4 is 10.2 Å². The Morgan fingerprint density at radius 3 is 2.80 bits per heavy atom. The highest BCUT2D eigenvalue weighted by Crippen LogP contribution is 2.29. The molecule has 0 radical (unpaired) electrons. The largest absolute Gasteiger partial charge is 0.379 e. The van der Waals surface area contributed by atoms with Crippen molar-refractivity contribution in [2.24, 2.45) is 0 Å². The molecule has 1 aromatic heterocycles. The van der Waals surface area contributed by atoms with Crippen molar-refractivity contribution < 1.29 is 0 Å². The van der Waals surface area contributed by atoms with Gasteiger partial charge < -0.3 is 10.2 Å². The molecule has 104 valence electrons. The Kier molecular flexibility index (Phi) is 3.53. The maximum absolute atomic E-state index is 6.06. The van der Waals surface area contributed by atoms with Gasteiger partial charge in [-0.15, -0.1) is 0 Å². The monoisotopic (exact) mass is 287 g/mol. The van der Waals surface area contributed by atoms with E-state index in [4.69, 9.17) is 11.6 Å². The summed E-state index contributed by atoms with van der Waals surface area (Å²) in [6.45, 7) is 0.